The molecule has 2 unspecified atom stereocenters. The maximum Gasteiger partial charge on any atom is 0.358 e. The summed E-state index contributed by atoms with van der Waals surface area (Å²) in [6.07, 6.45) is 1.59. The van der Waals surface area contributed by atoms with Gasteiger partial charge in [-0.15, -0.1) is 0 Å². The van der Waals surface area contributed by atoms with E-state index >= 15 is 0 Å². The fourth-order valence-electron chi connectivity index (χ4n) is 1.09. The molecule has 0 N–H and O–H groups in total. The topological polar surface area (TPSA) is 37.0 Å². The summed E-state index contributed by atoms with van der Waals surface area (Å²) in [7, 11) is 0. The van der Waals surface area contributed by atoms with Crippen LogP contribution in [-0.2, 0) is 9.90 Å². The van der Waals surface area contributed by atoms with Gasteiger partial charge >= 0.3 is 5.97 Å². The van der Waals surface area contributed by atoms with Gasteiger partial charge in [0, 0.05) is 0 Å². The van der Waals surface area contributed by atoms with Crippen LogP contribution in [0.2, 0.25) is 0 Å². The highest BCUT2D eigenvalue weighted by Crippen LogP contribution is 2.18. The molecule has 2 heteroatoms. The summed E-state index contributed by atoms with van der Waals surface area (Å²) >= 11 is 0. The summed E-state index contributed by atoms with van der Waals surface area (Å²) in [6.45, 7) is 5.83. The second-order valence-corrected chi connectivity index (χ2v) is 2.72. The van der Waals surface area contributed by atoms with Crippen LogP contribution in [0.3, 0.4) is 0 Å². The van der Waals surface area contributed by atoms with Crippen LogP contribution in [0.5, 0.6) is 0 Å². The zero-order valence-electron chi connectivity index (χ0n) is 6.89. The molecular weight excluding hydrogens is 128 g/mol. The molecular formula is C8H15O2. The van der Waals surface area contributed by atoms with Gasteiger partial charge in [-0.2, -0.15) is 0 Å². The molecule has 0 aliphatic rings. The Kier molecular flexibility index (Phi) is 4.08. The van der Waals surface area contributed by atoms with Crippen molar-refractivity contribution in [2.45, 2.75) is 33.6 Å². The number of carbonyl (C=O) groups is 1. The molecule has 2 atom stereocenters. The van der Waals surface area contributed by atoms with Crippen molar-refractivity contribution in [1.29, 1.82) is 0 Å². The van der Waals surface area contributed by atoms with Gasteiger partial charge in [-0.3, -0.25) is 0 Å². The second kappa shape index (κ2) is 4.31. The van der Waals surface area contributed by atoms with E-state index in [1.807, 2.05) is 20.8 Å². The maximum atomic E-state index is 10.4. The fourth-order valence-corrected chi connectivity index (χ4v) is 1.09. The molecule has 0 aliphatic carbocycles. The molecule has 0 bridgehead atoms. The summed E-state index contributed by atoms with van der Waals surface area (Å²) in [4.78, 5) is 10.4. The van der Waals surface area contributed by atoms with Crippen LogP contribution < -0.4 is 0 Å². The van der Waals surface area contributed by atoms with Crippen LogP contribution >= 0.6 is 0 Å². The van der Waals surface area contributed by atoms with Crippen LogP contribution in [0.1, 0.15) is 33.6 Å². The summed E-state index contributed by atoms with van der Waals surface area (Å²) < 4.78 is 0. The summed E-state index contributed by atoms with van der Waals surface area (Å²) in [5, 5.41) is 10.4. The van der Waals surface area contributed by atoms with E-state index in [0.29, 0.717) is 6.42 Å². The Balaban J connectivity index is 3.92. The minimum absolute atomic E-state index is 0.245. The highest BCUT2D eigenvalue weighted by Gasteiger charge is 2.22. The van der Waals surface area contributed by atoms with E-state index in [2.05, 4.69) is 0 Å². The van der Waals surface area contributed by atoms with E-state index in [0.717, 1.165) is 6.42 Å². The number of hydrogen-bond acceptors (Lipinski definition) is 1. The largest absolute Gasteiger partial charge is 0.358 e. The van der Waals surface area contributed by atoms with Gasteiger partial charge in [-0.1, -0.05) is 27.2 Å². The monoisotopic (exact) mass is 143 g/mol. The number of carbonyl (C=O) groups excluding carboxylic acids is 1. The van der Waals surface area contributed by atoms with Gasteiger partial charge in [-0.25, -0.2) is 9.90 Å². The Hall–Kier alpha value is -0.530. The van der Waals surface area contributed by atoms with Crippen molar-refractivity contribution < 1.29 is 9.90 Å². The Morgan fingerprint density at radius 3 is 1.90 bits per heavy atom. The molecule has 59 valence electrons. The number of hydrogen-bond donors (Lipinski definition) is 0. The predicted octanol–water partition coefficient (Wildman–Crippen LogP) is 2.02. The van der Waals surface area contributed by atoms with Crippen LogP contribution in [0.4, 0.5) is 0 Å². The Morgan fingerprint density at radius 1 is 1.30 bits per heavy atom. The normalized spacial score (nSPS) is 16.3. The van der Waals surface area contributed by atoms with Crippen LogP contribution in [0, 0.1) is 11.8 Å². The van der Waals surface area contributed by atoms with Gasteiger partial charge in [0.05, 0.1) is 5.92 Å². The summed E-state index contributed by atoms with van der Waals surface area (Å²) in [5.74, 6) is -0.920. The summed E-state index contributed by atoms with van der Waals surface area (Å²) in [6, 6.07) is 0. The Bertz CT molecular complexity index is 110. The zero-order valence-corrected chi connectivity index (χ0v) is 6.89. The SMILES string of the molecule is CCC(C)C(CC)C([O])=O. The van der Waals surface area contributed by atoms with E-state index in [1.165, 1.54) is 0 Å². The Labute approximate surface area is 62.2 Å². The third-order valence-electron chi connectivity index (χ3n) is 2.07. The molecule has 2 nitrogen and oxygen atoms in total. The molecule has 0 amide bonds. The first-order valence-electron chi connectivity index (χ1n) is 3.84. The lowest BCUT2D eigenvalue weighted by molar-refractivity contribution is -0.150. The molecule has 0 aromatic heterocycles. The lowest BCUT2D eigenvalue weighted by atomic mass is 9.90. The van der Waals surface area contributed by atoms with Crippen LogP contribution in [-0.4, -0.2) is 5.97 Å². The number of rotatable bonds is 4. The van der Waals surface area contributed by atoms with Gasteiger partial charge in [0.15, 0.2) is 0 Å². The Morgan fingerprint density at radius 2 is 1.80 bits per heavy atom. The fraction of sp³-hybridized carbons (Fsp3) is 0.875. The zero-order chi connectivity index (χ0) is 8.15. The lowest BCUT2D eigenvalue weighted by Crippen LogP contribution is -2.19. The van der Waals surface area contributed by atoms with E-state index in [9.17, 15) is 9.90 Å². The standard InChI is InChI=1S/C8H15O2/c1-4-6(3)7(5-2)8(9)10/h6-7H,4-5H2,1-3H3. The molecule has 0 saturated carbocycles. The average Bonchev–Trinajstić information content (AvgIpc) is 1.88. The van der Waals surface area contributed by atoms with Crippen molar-refractivity contribution in [2.24, 2.45) is 11.8 Å². The van der Waals surface area contributed by atoms with E-state index in [1.54, 1.807) is 0 Å². The van der Waals surface area contributed by atoms with Crippen molar-refractivity contribution in [3.8, 4) is 0 Å². The molecule has 0 aromatic carbocycles. The van der Waals surface area contributed by atoms with E-state index < -0.39 is 5.97 Å². The molecule has 0 fully saturated rings. The minimum atomic E-state index is -0.906. The first-order valence-corrected chi connectivity index (χ1v) is 3.84. The smallest absolute Gasteiger partial charge is 0.247 e. The van der Waals surface area contributed by atoms with Gasteiger partial charge in [0.2, 0.25) is 0 Å². The predicted molar refractivity (Wildman–Crippen MR) is 38.9 cm³/mol. The van der Waals surface area contributed by atoms with Crippen molar-refractivity contribution in [3.63, 3.8) is 0 Å². The maximum absolute atomic E-state index is 10.4. The van der Waals surface area contributed by atoms with Crippen molar-refractivity contribution in [3.05, 3.63) is 0 Å². The highest BCUT2D eigenvalue weighted by molar-refractivity contribution is 5.69. The molecule has 0 aliphatic heterocycles. The van der Waals surface area contributed by atoms with E-state index in [4.69, 9.17) is 0 Å². The third-order valence-corrected chi connectivity index (χ3v) is 2.07. The van der Waals surface area contributed by atoms with E-state index in [-0.39, 0.29) is 11.8 Å². The lowest BCUT2D eigenvalue weighted by Gasteiger charge is -2.14. The van der Waals surface area contributed by atoms with Gasteiger partial charge in [0.1, 0.15) is 0 Å². The third kappa shape index (κ3) is 2.38. The first-order chi connectivity index (χ1) is 4.63. The average molecular weight is 143 g/mol. The molecule has 1 radical (unpaired) electrons. The molecule has 0 saturated heterocycles. The second-order valence-electron chi connectivity index (χ2n) is 2.72. The highest BCUT2D eigenvalue weighted by atomic mass is 16.4. The molecule has 0 aromatic rings. The van der Waals surface area contributed by atoms with Crippen LogP contribution in [0.25, 0.3) is 0 Å². The molecule has 10 heavy (non-hydrogen) atoms. The van der Waals surface area contributed by atoms with Gasteiger partial charge < -0.3 is 0 Å². The quantitative estimate of drug-likeness (QED) is 0.593. The van der Waals surface area contributed by atoms with Crippen LogP contribution in [0.15, 0.2) is 0 Å². The molecule has 0 spiro atoms. The molecule has 0 heterocycles. The van der Waals surface area contributed by atoms with Gasteiger partial charge in [-0.05, 0) is 12.3 Å². The van der Waals surface area contributed by atoms with Crippen molar-refractivity contribution >= 4 is 5.97 Å². The minimum Gasteiger partial charge on any atom is -0.247 e. The van der Waals surface area contributed by atoms with Crippen molar-refractivity contribution in [2.75, 3.05) is 0 Å². The summed E-state index contributed by atoms with van der Waals surface area (Å²) in [5.41, 5.74) is 0. The van der Waals surface area contributed by atoms with Crippen molar-refractivity contribution in [1.82, 2.24) is 0 Å². The first kappa shape index (κ1) is 9.47. The van der Waals surface area contributed by atoms with Gasteiger partial charge in [0.25, 0.3) is 0 Å². The molecule has 0 rings (SSSR count).